The van der Waals surface area contributed by atoms with Crippen LogP contribution in [0.3, 0.4) is 0 Å². The zero-order valence-electron chi connectivity index (χ0n) is 6.94. The van der Waals surface area contributed by atoms with Crippen LogP contribution < -0.4 is 0 Å². The summed E-state index contributed by atoms with van der Waals surface area (Å²) in [4.78, 5) is 0.904. The van der Waals surface area contributed by atoms with Gasteiger partial charge in [-0.25, -0.2) is 0 Å². The Hall–Kier alpha value is -0.250. The predicted octanol–water partition coefficient (Wildman–Crippen LogP) is 1.30. The van der Waals surface area contributed by atoms with Gasteiger partial charge < -0.3 is 10.2 Å². The molecule has 1 fully saturated rings. The topological polar surface area (TPSA) is 40.5 Å². The molecule has 0 radical (unpaired) electrons. The lowest BCUT2D eigenvalue weighted by molar-refractivity contribution is 0.0438. The summed E-state index contributed by atoms with van der Waals surface area (Å²) >= 11 is 1.58. The number of thioether (sulfide) groups is 1. The van der Waals surface area contributed by atoms with Crippen LogP contribution in [0.5, 0.6) is 0 Å². The van der Waals surface area contributed by atoms with Crippen LogP contribution in [0.25, 0.3) is 0 Å². The molecule has 0 heterocycles. The highest BCUT2D eigenvalue weighted by Crippen LogP contribution is 2.34. The molecule has 1 unspecified atom stereocenters. The van der Waals surface area contributed by atoms with Gasteiger partial charge in [0.25, 0.3) is 0 Å². The van der Waals surface area contributed by atoms with Crippen LogP contribution in [0, 0.1) is 0 Å². The molecule has 1 aliphatic carbocycles. The fourth-order valence-electron chi connectivity index (χ4n) is 1.31. The van der Waals surface area contributed by atoms with Crippen molar-refractivity contribution in [1.82, 2.24) is 0 Å². The van der Waals surface area contributed by atoms with Crippen LogP contribution >= 0.6 is 11.8 Å². The van der Waals surface area contributed by atoms with Crippen LogP contribution in [0.2, 0.25) is 0 Å². The van der Waals surface area contributed by atoms with Crippen molar-refractivity contribution in [2.45, 2.75) is 30.3 Å². The minimum atomic E-state index is -0.555. The first-order chi connectivity index (χ1) is 5.63. The van der Waals surface area contributed by atoms with Crippen LogP contribution in [-0.2, 0) is 0 Å². The lowest BCUT2D eigenvalue weighted by atomic mass is 10.3. The molecule has 1 saturated carbocycles. The van der Waals surface area contributed by atoms with E-state index < -0.39 is 12.2 Å². The van der Waals surface area contributed by atoms with Crippen molar-refractivity contribution in [1.29, 1.82) is 0 Å². The summed E-state index contributed by atoms with van der Waals surface area (Å²) in [5, 5.41) is 18.8. The van der Waals surface area contributed by atoms with E-state index in [1.54, 1.807) is 17.8 Å². The maximum Gasteiger partial charge on any atom is 0.0810 e. The van der Waals surface area contributed by atoms with Gasteiger partial charge in [-0.3, -0.25) is 0 Å². The van der Waals surface area contributed by atoms with Crippen molar-refractivity contribution >= 4 is 11.8 Å². The number of aliphatic hydroxyl groups is 2. The highest BCUT2D eigenvalue weighted by atomic mass is 32.2. The lowest BCUT2D eigenvalue weighted by Crippen LogP contribution is -2.17. The van der Waals surface area contributed by atoms with Gasteiger partial charge in [-0.15, -0.1) is 11.8 Å². The first-order valence-corrected chi connectivity index (χ1v) is 4.85. The van der Waals surface area contributed by atoms with Crippen LogP contribution in [-0.4, -0.2) is 27.7 Å². The van der Waals surface area contributed by atoms with Gasteiger partial charge in [0.05, 0.1) is 12.2 Å². The van der Waals surface area contributed by atoms with E-state index in [2.05, 4.69) is 13.2 Å². The van der Waals surface area contributed by atoms with Crippen molar-refractivity contribution < 1.29 is 10.2 Å². The number of allylic oxidation sites excluding steroid dienone is 1. The number of rotatable bonds is 3. The normalized spacial score (nSPS) is 35.0. The SMILES string of the molecule is C=CC(=C)SC1C[C@@H](O)[C@@H](O)C1. The van der Waals surface area contributed by atoms with Gasteiger partial charge in [-0.2, -0.15) is 0 Å². The summed E-state index contributed by atoms with van der Waals surface area (Å²) in [5.74, 6) is 0. The number of hydrogen-bond donors (Lipinski definition) is 2. The summed E-state index contributed by atoms with van der Waals surface area (Å²) in [6.45, 7) is 7.36. The van der Waals surface area contributed by atoms with E-state index in [1.807, 2.05) is 0 Å². The second kappa shape index (κ2) is 4.12. The zero-order valence-corrected chi connectivity index (χ0v) is 7.76. The van der Waals surface area contributed by atoms with Crippen molar-refractivity contribution in [3.8, 4) is 0 Å². The second-order valence-corrected chi connectivity index (χ2v) is 4.44. The van der Waals surface area contributed by atoms with Gasteiger partial charge in [0, 0.05) is 5.25 Å². The first kappa shape index (κ1) is 9.84. The fraction of sp³-hybridized carbons (Fsp3) is 0.556. The van der Waals surface area contributed by atoms with Crippen molar-refractivity contribution in [3.63, 3.8) is 0 Å². The van der Waals surface area contributed by atoms with Crippen molar-refractivity contribution in [2.24, 2.45) is 0 Å². The van der Waals surface area contributed by atoms with Crippen LogP contribution in [0.1, 0.15) is 12.8 Å². The van der Waals surface area contributed by atoms with E-state index in [-0.39, 0.29) is 0 Å². The molecule has 1 rings (SSSR count). The van der Waals surface area contributed by atoms with Crippen molar-refractivity contribution in [3.05, 3.63) is 24.1 Å². The van der Waals surface area contributed by atoms with E-state index in [0.29, 0.717) is 18.1 Å². The Labute approximate surface area is 77.0 Å². The van der Waals surface area contributed by atoms with Gasteiger partial charge >= 0.3 is 0 Å². The third kappa shape index (κ3) is 2.37. The zero-order chi connectivity index (χ0) is 9.14. The summed E-state index contributed by atoms with van der Waals surface area (Å²) in [6.07, 6.45) is 1.89. The molecule has 3 atom stereocenters. The van der Waals surface area contributed by atoms with Gasteiger partial charge in [-0.1, -0.05) is 19.2 Å². The second-order valence-electron chi connectivity index (χ2n) is 3.02. The Morgan fingerprint density at radius 3 is 2.25 bits per heavy atom. The molecule has 0 saturated heterocycles. The summed E-state index contributed by atoms with van der Waals surface area (Å²) < 4.78 is 0. The van der Waals surface area contributed by atoms with Gasteiger partial charge in [0.1, 0.15) is 0 Å². The van der Waals surface area contributed by atoms with Gasteiger partial charge in [-0.05, 0) is 17.7 Å². The largest absolute Gasteiger partial charge is 0.390 e. The predicted molar refractivity (Wildman–Crippen MR) is 52.0 cm³/mol. The Morgan fingerprint density at radius 1 is 1.33 bits per heavy atom. The third-order valence-corrected chi connectivity index (χ3v) is 3.19. The maximum absolute atomic E-state index is 9.23. The van der Waals surface area contributed by atoms with Gasteiger partial charge in [0.15, 0.2) is 0 Å². The molecule has 1 aliphatic rings. The van der Waals surface area contributed by atoms with E-state index in [1.165, 1.54) is 0 Å². The molecule has 2 nitrogen and oxygen atoms in total. The molecule has 12 heavy (non-hydrogen) atoms. The third-order valence-electron chi connectivity index (χ3n) is 2.00. The Kier molecular flexibility index (Phi) is 3.38. The Bertz CT molecular complexity index is 181. The van der Waals surface area contributed by atoms with E-state index in [0.717, 1.165) is 4.91 Å². The molecule has 3 heteroatoms. The average Bonchev–Trinajstić information content (AvgIpc) is 2.31. The molecule has 0 aliphatic heterocycles. The summed E-state index contributed by atoms with van der Waals surface area (Å²) in [6, 6.07) is 0. The summed E-state index contributed by atoms with van der Waals surface area (Å²) in [7, 11) is 0. The average molecular weight is 186 g/mol. The molecule has 2 N–H and O–H groups in total. The fourth-order valence-corrected chi connectivity index (χ4v) is 2.42. The lowest BCUT2D eigenvalue weighted by Gasteiger charge is -2.07. The minimum absolute atomic E-state index is 0.292. The molecule has 0 aromatic rings. The molecular weight excluding hydrogens is 172 g/mol. The van der Waals surface area contributed by atoms with E-state index in [4.69, 9.17) is 0 Å². The monoisotopic (exact) mass is 186 g/mol. The molecular formula is C9H14O2S. The summed E-state index contributed by atoms with van der Waals surface area (Å²) in [5.41, 5.74) is 0. The van der Waals surface area contributed by atoms with Crippen LogP contribution in [0.15, 0.2) is 24.1 Å². The molecule has 0 spiro atoms. The molecule has 0 aromatic heterocycles. The van der Waals surface area contributed by atoms with Crippen LogP contribution in [0.4, 0.5) is 0 Å². The van der Waals surface area contributed by atoms with Gasteiger partial charge in [0.2, 0.25) is 0 Å². The molecule has 0 bridgehead atoms. The quantitative estimate of drug-likeness (QED) is 0.653. The first-order valence-electron chi connectivity index (χ1n) is 3.97. The Morgan fingerprint density at radius 2 is 1.83 bits per heavy atom. The molecule has 68 valence electrons. The maximum atomic E-state index is 9.23. The molecule has 0 amide bonds. The minimum Gasteiger partial charge on any atom is -0.390 e. The standard InChI is InChI=1S/C9H14O2S/c1-3-6(2)12-7-4-8(10)9(11)5-7/h3,7-11H,1-2,4-5H2/t7?,8-,9+. The number of hydrogen-bond acceptors (Lipinski definition) is 3. The smallest absolute Gasteiger partial charge is 0.0810 e. The van der Waals surface area contributed by atoms with E-state index in [9.17, 15) is 10.2 Å². The molecule has 0 aromatic carbocycles. The highest BCUT2D eigenvalue weighted by Gasteiger charge is 2.31. The Balaban J connectivity index is 2.37. The van der Waals surface area contributed by atoms with E-state index >= 15 is 0 Å². The number of aliphatic hydroxyl groups excluding tert-OH is 2. The highest BCUT2D eigenvalue weighted by molar-refractivity contribution is 8.03. The van der Waals surface area contributed by atoms with Crippen molar-refractivity contribution in [2.75, 3.05) is 0 Å².